The number of carbonyl (C=O) groups excluding carboxylic acids is 6. The molecule has 14 heteroatoms. The van der Waals surface area contributed by atoms with E-state index in [0.717, 1.165) is 0 Å². The number of esters is 3. The van der Waals surface area contributed by atoms with Crippen LogP contribution >= 0.6 is 0 Å². The summed E-state index contributed by atoms with van der Waals surface area (Å²) in [7, 11) is 0. The maximum atomic E-state index is 13.3. The first kappa shape index (κ1) is 31.6. The van der Waals surface area contributed by atoms with Gasteiger partial charge in [0.15, 0.2) is 5.78 Å². The molecular weight excluding hydrogens is 586 g/mol. The Morgan fingerprint density at radius 2 is 0.956 bits per heavy atom. The molecule has 0 aliphatic carbocycles. The lowest BCUT2D eigenvalue weighted by Crippen LogP contribution is -2.18. The summed E-state index contributed by atoms with van der Waals surface area (Å²) in [6.07, 6.45) is 3.60. The zero-order valence-corrected chi connectivity index (χ0v) is 24.2. The van der Waals surface area contributed by atoms with Crippen molar-refractivity contribution in [1.29, 1.82) is 0 Å². The van der Waals surface area contributed by atoms with Crippen molar-refractivity contribution >= 4 is 47.1 Å². The fourth-order valence-corrected chi connectivity index (χ4v) is 3.80. The Hall–Kier alpha value is -6.31. The second-order valence-corrected chi connectivity index (χ2v) is 9.33. The van der Waals surface area contributed by atoms with Crippen molar-refractivity contribution in [3.05, 3.63) is 95.6 Å². The number of carbonyl (C=O) groups is 6. The predicted molar refractivity (Wildman–Crippen MR) is 157 cm³/mol. The summed E-state index contributed by atoms with van der Waals surface area (Å²) in [5.74, 6) is -2.61. The summed E-state index contributed by atoms with van der Waals surface area (Å²) in [5.41, 5.74) is 0.322. The lowest BCUT2D eigenvalue weighted by atomic mass is 9.99. The third kappa shape index (κ3) is 9.34. The van der Waals surface area contributed by atoms with Crippen molar-refractivity contribution in [3.8, 4) is 17.2 Å². The van der Waals surface area contributed by atoms with Crippen LogP contribution in [-0.2, 0) is 20.8 Å². The summed E-state index contributed by atoms with van der Waals surface area (Å²) >= 11 is 0. The SMILES string of the molecule is CC(=O)Oc1ccc(CC(=O)c2cc(C(=O)Nc3ccc(OC(C)=O)cn3)cc(C(=O)Nc3ccc(OC(C)=O)cn3)c2)nc1. The number of nitrogens with zero attached hydrogens (tertiary/aromatic N) is 3. The van der Waals surface area contributed by atoms with Gasteiger partial charge in [-0.3, -0.25) is 33.8 Å². The highest BCUT2D eigenvalue weighted by molar-refractivity contribution is 6.11. The Morgan fingerprint density at radius 3 is 1.31 bits per heavy atom. The maximum absolute atomic E-state index is 13.3. The molecule has 0 saturated carbocycles. The van der Waals surface area contributed by atoms with Gasteiger partial charge >= 0.3 is 17.9 Å². The molecule has 4 rings (SSSR count). The van der Waals surface area contributed by atoms with Crippen molar-refractivity contribution in [1.82, 2.24) is 15.0 Å². The molecule has 45 heavy (non-hydrogen) atoms. The fourth-order valence-electron chi connectivity index (χ4n) is 3.80. The molecule has 0 aliphatic rings. The summed E-state index contributed by atoms with van der Waals surface area (Å²) in [4.78, 5) is 85.4. The lowest BCUT2D eigenvalue weighted by molar-refractivity contribution is -0.132. The van der Waals surface area contributed by atoms with Gasteiger partial charge in [-0.2, -0.15) is 0 Å². The van der Waals surface area contributed by atoms with Crippen LogP contribution in [0.3, 0.4) is 0 Å². The van der Waals surface area contributed by atoms with Crippen molar-refractivity contribution in [3.63, 3.8) is 0 Å². The van der Waals surface area contributed by atoms with Crippen LogP contribution in [0.4, 0.5) is 11.6 Å². The second kappa shape index (κ2) is 14.2. The van der Waals surface area contributed by atoms with Crippen LogP contribution in [0.5, 0.6) is 17.2 Å². The number of nitrogens with one attached hydrogen (secondary N) is 2. The van der Waals surface area contributed by atoms with E-state index in [0.29, 0.717) is 5.69 Å². The average Bonchev–Trinajstić information content (AvgIpc) is 2.99. The van der Waals surface area contributed by atoms with E-state index in [1.807, 2.05) is 0 Å². The van der Waals surface area contributed by atoms with E-state index in [9.17, 15) is 28.8 Å². The molecule has 4 aromatic rings. The Labute approximate surface area is 255 Å². The molecule has 228 valence electrons. The van der Waals surface area contributed by atoms with Crippen LogP contribution in [0.1, 0.15) is 57.5 Å². The molecule has 0 bridgehead atoms. The third-order valence-electron chi connectivity index (χ3n) is 5.66. The lowest BCUT2D eigenvalue weighted by Gasteiger charge is -2.11. The fraction of sp³-hybridized carbons (Fsp3) is 0.129. The Bertz CT molecular complexity index is 1550. The van der Waals surface area contributed by atoms with Gasteiger partial charge in [0.25, 0.3) is 11.8 Å². The number of Topliss-reactive ketones (excluding diaryl/α,β-unsaturated/α-hetero) is 1. The number of aromatic nitrogens is 3. The molecule has 0 radical (unpaired) electrons. The standard InChI is InChI=1S/C31H25N5O9/c1-17(37)43-24-5-4-23(32-14-24)13-27(40)20-10-21(30(41)35-28-8-6-25(15-33-28)44-18(2)38)12-22(11-20)31(42)36-29-9-7-26(16-34-29)45-19(3)39/h4-12,14-16H,13H2,1-3H3,(H,33,35,41)(H,34,36,42). The zero-order valence-electron chi connectivity index (χ0n) is 24.2. The number of anilines is 2. The van der Waals surface area contributed by atoms with Crippen LogP contribution in [0.15, 0.2) is 73.2 Å². The molecule has 1 aromatic carbocycles. The van der Waals surface area contributed by atoms with E-state index in [2.05, 4.69) is 25.6 Å². The van der Waals surface area contributed by atoms with Crippen LogP contribution in [-0.4, -0.2) is 50.5 Å². The minimum absolute atomic E-state index is 0.0341. The summed E-state index contributed by atoms with van der Waals surface area (Å²) in [6, 6.07) is 12.6. The minimum Gasteiger partial charge on any atom is -0.425 e. The first-order chi connectivity index (χ1) is 21.4. The van der Waals surface area contributed by atoms with Crippen molar-refractivity contribution < 1.29 is 43.0 Å². The third-order valence-corrected chi connectivity index (χ3v) is 5.66. The summed E-state index contributed by atoms with van der Waals surface area (Å²) < 4.78 is 14.8. The van der Waals surface area contributed by atoms with Crippen molar-refractivity contribution in [2.24, 2.45) is 0 Å². The molecule has 3 heterocycles. The van der Waals surface area contributed by atoms with Gasteiger partial charge < -0.3 is 24.8 Å². The van der Waals surface area contributed by atoms with Crippen LogP contribution < -0.4 is 24.8 Å². The Balaban J connectivity index is 1.59. The number of rotatable bonds is 10. The molecule has 2 N–H and O–H groups in total. The largest absolute Gasteiger partial charge is 0.425 e. The van der Waals surface area contributed by atoms with E-state index in [1.54, 1.807) is 0 Å². The first-order valence-corrected chi connectivity index (χ1v) is 13.2. The van der Waals surface area contributed by atoms with Gasteiger partial charge in [-0.1, -0.05) is 0 Å². The zero-order chi connectivity index (χ0) is 32.5. The maximum Gasteiger partial charge on any atom is 0.308 e. The van der Waals surface area contributed by atoms with E-state index in [4.69, 9.17) is 14.2 Å². The van der Waals surface area contributed by atoms with Gasteiger partial charge in [-0.15, -0.1) is 0 Å². The highest BCUT2D eigenvalue weighted by atomic mass is 16.5. The second-order valence-electron chi connectivity index (χ2n) is 9.33. The van der Waals surface area contributed by atoms with Crippen LogP contribution in [0.25, 0.3) is 0 Å². The van der Waals surface area contributed by atoms with Crippen molar-refractivity contribution in [2.75, 3.05) is 10.6 Å². The molecule has 0 spiro atoms. The normalized spacial score (nSPS) is 10.3. The van der Waals surface area contributed by atoms with Gasteiger partial charge in [0, 0.05) is 43.2 Å². The number of pyridine rings is 3. The monoisotopic (exact) mass is 611 g/mol. The number of ether oxygens (including phenoxy) is 3. The van der Waals surface area contributed by atoms with Gasteiger partial charge in [0.05, 0.1) is 25.0 Å². The van der Waals surface area contributed by atoms with E-state index >= 15 is 0 Å². The molecule has 2 amide bonds. The first-order valence-electron chi connectivity index (χ1n) is 13.2. The van der Waals surface area contributed by atoms with Crippen molar-refractivity contribution in [2.45, 2.75) is 27.2 Å². The molecule has 0 aliphatic heterocycles. The molecule has 14 nitrogen and oxygen atoms in total. The smallest absolute Gasteiger partial charge is 0.308 e. The van der Waals surface area contributed by atoms with Gasteiger partial charge in [0.1, 0.15) is 28.9 Å². The highest BCUT2D eigenvalue weighted by Gasteiger charge is 2.19. The van der Waals surface area contributed by atoms with Gasteiger partial charge in [0.2, 0.25) is 0 Å². The minimum atomic E-state index is -0.681. The number of ketones is 1. The topological polar surface area (TPSA) is 193 Å². The quantitative estimate of drug-likeness (QED) is 0.196. The average molecular weight is 612 g/mol. The molecule has 0 fully saturated rings. The predicted octanol–water partition coefficient (Wildman–Crippen LogP) is 3.58. The molecule has 0 saturated heterocycles. The Morgan fingerprint density at radius 1 is 0.556 bits per heavy atom. The number of hydrogen-bond acceptors (Lipinski definition) is 12. The molecule has 3 aromatic heterocycles. The summed E-state index contributed by atoms with van der Waals surface area (Å²) in [6.45, 7) is 3.72. The molecule has 0 unspecified atom stereocenters. The summed E-state index contributed by atoms with van der Waals surface area (Å²) in [5, 5.41) is 5.15. The van der Waals surface area contributed by atoms with E-state index < -0.39 is 35.5 Å². The number of hydrogen-bond donors (Lipinski definition) is 2. The van der Waals surface area contributed by atoms with Crippen LogP contribution in [0.2, 0.25) is 0 Å². The van der Waals surface area contributed by atoms with Gasteiger partial charge in [-0.05, 0) is 54.6 Å². The molecule has 0 atom stereocenters. The van der Waals surface area contributed by atoms with E-state index in [-0.39, 0.29) is 52.0 Å². The van der Waals surface area contributed by atoms with Gasteiger partial charge in [-0.25, -0.2) is 9.97 Å². The van der Waals surface area contributed by atoms with Crippen LogP contribution in [0, 0.1) is 0 Å². The van der Waals surface area contributed by atoms with E-state index in [1.165, 1.54) is 94.0 Å². The number of amides is 2. The number of benzene rings is 1. The molecular formula is C31H25N5O9. The highest BCUT2D eigenvalue weighted by Crippen LogP contribution is 2.19. The Kier molecular flexibility index (Phi) is 10.0.